The third-order valence-electron chi connectivity index (χ3n) is 2.99. The zero-order valence-electron chi connectivity index (χ0n) is 12.6. The molecule has 2 N–H and O–H groups in total. The zero-order valence-corrected chi connectivity index (χ0v) is 12.6. The third-order valence-corrected chi connectivity index (χ3v) is 2.99. The van der Waals surface area contributed by atoms with E-state index in [9.17, 15) is 9.90 Å². The lowest BCUT2D eigenvalue weighted by Crippen LogP contribution is -2.38. The van der Waals surface area contributed by atoms with Crippen molar-refractivity contribution in [3.63, 3.8) is 0 Å². The van der Waals surface area contributed by atoms with Crippen molar-refractivity contribution in [2.45, 2.75) is 25.9 Å². The highest BCUT2D eigenvalue weighted by molar-refractivity contribution is 5.89. The Morgan fingerprint density at radius 1 is 1.45 bits per heavy atom. The molecule has 0 heterocycles. The van der Waals surface area contributed by atoms with E-state index in [4.69, 9.17) is 4.74 Å². The fourth-order valence-electron chi connectivity index (χ4n) is 1.84. The quantitative estimate of drug-likeness (QED) is 0.840. The Bertz CT molecular complexity index is 435. The summed E-state index contributed by atoms with van der Waals surface area (Å²) in [6.45, 7) is 4.65. The minimum atomic E-state index is -0.683. The molecule has 0 spiro atoms. The number of anilines is 1. The summed E-state index contributed by atoms with van der Waals surface area (Å²) in [5.41, 5.74) is 1.93. The molecule has 5 nitrogen and oxygen atoms in total. The van der Waals surface area contributed by atoms with E-state index in [2.05, 4.69) is 19.2 Å². The summed E-state index contributed by atoms with van der Waals surface area (Å²) in [6, 6.07) is 7.52. The molecular weight excluding hydrogens is 256 g/mol. The predicted octanol–water partition coefficient (Wildman–Crippen LogP) is 2.28. The summed E-state index contributed by atoms with van der Waals surface area (Å²) in [7, 11) is 3.15. The van der Waals surface area contributed by atoms with Crippen molar-refractivity contribution in [3.8, 4) is 0 Å². The number of nitrogens with zero attached hydrogens (tertiary/aromatic N) is 1. The van der Waals surface area contributed by atoms with Crippen molar-refractivity contribution in [2.24, 2.45) is 0 Å². The van der Waals surface area contributed by atoms with E-state index < -0.39 is 6.10 Å². The van der Waals surface area contributed by atoms with Crippen LogP contribution in [-0.4, -0.2) is 49.5 Å². The summed E-state index contributed by atoms with van der Waals surface area (Å²) in [6.07, 6.45) is -0.683. The van der Waals surface area contributed by atoms with Crippen molar-refractivity contribution < 1.29 is 14.6 Å². The van der Waals surface area contributed by atoms with E-state index in [-0.39, 0.29) is 19.2 Å². The van der Waals surface area contributed by atoms with Crippen molar-refractivity contribution in [1.82, 2.24) is 4.90 Å². The van der Waals surface area contributed by atoms with Gasteiger partial charge in [0.15, 0.2) is 0 Å². The van der Waals surface area contributed by atoms with Crippen LogP contribution in [0.5, 0.6) is 0 Å². The number of hydrogen-bond acceptors (Lipinski definition) is 3. The number of rotatable bonds is 6. The van der Waals surface area contributed by atoms with E-state index in [1.54, 1.807) is 7.05 Å². The predicted molar refractivity (Wildman–Crippen MR) is 80.1 cm³/mol. The number of hydrogen-bond donors (Lipinski definition) is 2. The van der Waals surface area contributed by atoms with E-state index >= 15 is 0 Å². The van der Waals surface area contributed by atoms with Gasteiger partial charge in [-0.1, -0.05) is 26.0 Å². The van der Waals surface area contributed by atoms with Gasteiger partial charge in [0.05, 0.1) is 19.3 Å². The topological polar surface area (TPSA) is 61.8 Å². The molecule has 2 amide bonds. The molecule has 20 heavy (non-hydrogen) atoms. The molecule has 5 heteroatoms. The van der Waals surface area contributed by atoms with Crippen LogP contribution in [0.3, 0.4) is 0 Å². The summed E-state index contributed by atoms with van der Waals surface area (Å²) in [5.74, 6) is 0.410. The van der Waals surface area contributed by atoms with Crippen molar-refractivity contribution >= 4 is 11.7 Å². The number of aliphatic hydroxyl groups excluding tert-OH is 1. The van der Waals surface area contributed by atoms with Crippen LogP contribution in [-0.2, 0) is 4.74 Å². The fraction of sp³-hybridized carbons (Fsp3) is 0.533. The Labute approximate surface area is 120 Å². The Morgan fingerprint density at radius 3 is 2.75 bits per heavy atom. The largest absolute Gasteiger partial charge is 0.389 e. The van der Waals surface area contributed by atoms with Crippen LogP contribution in [0.15, 0.2) is 24.3 Å². The number of carbonyl (C=O) groups excluding carboxylic acids is 1. The molecule has 0 saturated heterocycles. The van der Waals surface area contributed by atoms with Gasteiger partial charge in [0.2, 0.25) is 0 Å². The molecule has 0 radical (unpaired) electrons. The van der Waals surface area contributed by atoms with Gasteiger partial charge in [0.25, 0.3) is 0 Å². The average molecular weight is 280 g/mol. The van der Waals surface area contributed by atoms with Gasteiger partial charge in [-0.15, -0.1) is 0 Å². The average Bonchev–Trinajstić information content (AvgIpc) is 2.39. The number of ether oxygens (including phenoxy) is 1. The molecule has 0 fully saturated rings. The number of urea groups is 1. The van der Waals surface area contributed by atoms with Crippen LogP contribution in [0.25, 0.3) is 0 Å². The SMILES string of the molecule is COCC(O)CN(C)C(=O)Nc1cccc(C(C)C)c1. The van der Waals surface area contributed by atoms with Gasteiger partial charge in [-0.2, -0.15) is 0 Å². The summed E-state index contributed by atoms with van der Waals surface area (Å²) < 4.78 is 4.84. The highest BCUT2D eigenvalue weighted by Crippen LogP contribution is 2.18. The molecular formula is C15H24N2O3. The van der Waals surface area contributed by atoms with Crippen LogP contribution in [0.1, 0.15) is 25.3 Å². The van der Waals surface area contributed by atoms with Crippen molar-refractivity contribution in [2.75, 3.05) is 32.6 Å². The van der Waals surface area contributed by atoms with Gasteiger partial charge in [-0.25, -0.2) is 4.79 Å². The molecule has 0 bridgehead atoms. The fourth-order valence-corrected chi connectivity index (χ4v) is 1.84. The van der Waals surface area contributed by atoms with Gasteiger partial charge in [0, 0.05) is 19.8 Å². The second kappa shape index (κ2) is 7.87. The van der Waals surface area contributed by atoms with Gasteiger partial charge in [-0.3, -0.25) is 0 Å². The molecule has 1 unspecified atom stereocenters. The molecule has 0 aliphatic carbocycles. The van der Waals surface area contributed by atoms with Crippen LogP contribution in [0.2, 0.25) is 0 Å². The van der Waals surface area contributed by atoms with E-state index in [1.165, 1.54) is 17.6 Å². The maximum absolute atomic E-state index is 12.0. The van der Waals surface area contributed by atoms with Crippen LogP contribution >= 0.6 is 0 Å². The Balaban J connectivity index is 2.59. The lowest BCUT2D eigenvalue weighted by molar-refractivity contribution is 0.0501. The lowest BCUT2D eigenvalue weighted by Gasteiger charge is -2.21. The summed E-state index contributed by atoms with van der Waals surface area (Å²) >= 11 is 0. The molecule has 1 rings (SSSR count). The highest BCUT2D eigenvalue weighted by atomic mass is 16.5. The smallest absolute Gasteiger partial charge is 0.321 e. The molecule has 1 atom stereocenters. The Morgan fingerprint density at radius 2 is 2.15 bits per heavy atom. The molecule has 0 aliphatic heterocycles. The number of likely N-dealkylation sites (N-methyl/N-ethyl adjacent to an activating group) is 1. The van der Waals surface area contributed by atoms with Gasteiger partial charge in [0.1, 0.15) is 0 Å². The second-order valence-electron chi connectivity index (χ2n) is 5.20. The monoisotopic (exact) mass is 280 g/mol. The number of benzene rings is 1. The van der Waals surface area contributed by atoms with Crippen molar-refractivity contribution in [1.29, 1.82) is 0 Å². The van der Waals surface area contributed by atoms with E-state index in [0.29, 0.717) is 5.92 Å². The highest BCUT2D eigenvalue weighted by Gasteiger charge is 2.13. The number of carbonyl (C=O) groups is 1. The summed E-state index contributed by atoms with van der Waals surface area (Å²) in [4.78, 5) is 13.4. The summed E-state index contributed by atoms with van der Waals surface area (Å²) in [5, 5.41) is 12.4. The lowest BCUT2D eigenvalue weighted by atomic mass is 10.0. The van der Waals surface area contributed by atoms with Gasteiger partial charge >= 0.3 is 6.03 Å². The zero-order chi connectivity index (χ0) is 15.1. The maximum atomic E-state index is 12.0. The standard InChI is InChI=1S/C15H24N2O3/c1-11(2)12-6-5-7-13(8-12)16-15(19)17(3)9-14(18)10-20-4/h5-8,11,14,18H,9-10H2,1-4H3,(H,16,19). The Kier molecular flexibility index (Phi) is 6.48. The van der Waals surface area contributed by atoms with Gasteiger partial charge < -0.3 is 20.1 Å². The number of nitrogens with one attached hydrogen (secondary N) is 1. The van der Waals surface area contributed by atoms with Crippen LogP contribution in [0.4, 0.5) is 10.5 Å². The minimum absolute atomic E-state index is 0.209. The first-order valence-electron chi connectivity index (χ1n) is 6.73. The van der Waals surface area contributed by atoms with Crippen molar-refractivity contribution in [3.05, 3.63) is 29.8 Å². The van der Waals surface area contributed by atoms with E-state index in [0.717, 1.165) is 5.69 Å². The third kappa shape index (κ3) is 5.19. The molecule has 1 aromatic carbocycles. The molecule has 0 aromatic heterocycles. The molecule has 1 aromatic rings. The van der Waals surface area contributed by atoms with Crippen LogP contribution < -0.4 is 5.32 Å². The number of amides is 2. The first kappa shape index (κ1) is 16.5. The molecule has 0 saturated carbocycles. The van der Waals surface area contributed by atoms with Gasteiger partial charge in [-0.05, 0) is 23.6 Å². The normalized spacial score (nSPS) is 12.3. The second-order valence-corrected chi connectivity index (χ2v) is 5.20. The minimum Gasteiger partial charge on any atom is -0.389 e. The Hall–Kier alpha value is -1.59. The first-order valence-corrected chi connectivity index (χ1v) is 6.73. The number of aliphatic hydroxyl groups is 1. The number of methoxy groups -OCH3 is 1. The van der Waals surface area contributed by atoms with Crippen LogP contribution in [0, 0.1) is 0 Å². The first-order chi connectivity index (χ1) is 9.43. The molecule has 112 valence electrons. The molecule has 0 aliphatic rings. The maximum Gasteiger partial charge on any atom is 0.321 e. The van der Waals surface area contributed by atoms with E-state index in [1.807, 2.05) is 24.3 Å².